The maximum Gasteiger partial charge on any atom is 0.120 e. The Hall–Kier alpha value is -0.830. The van der Waals surface area contributed by atoms with Gasteiger partial charge in [-0.1, -0.05) is 34.7 Å². The fraction of sp³-hybridized carbons (Fsp3) is 0.300. The molecule has 0 unspecified atom stereocenters. The van der Waals surface area contributed by atoms with Crippen LogP contribution < -0.4 is 5.32 Å². The lowest BCUT2D eigenvalue weighted by Crippen LogP contribution is -2.20. The van der Waals surface area contributed by atoms with Gasteiger partial charge >= 0.3 is 0 Å². The molecule has 0 amide bonds. The minimum absolute atomic E-state index is 0.857. The van der Waals surface area contributed by atoms with Crippen LogP contribution in [0.2, 0.25) is 0 Å². The molecule has 0 aliphatic carbocycles. The maximum atomic E-state index is 4.05. The van der Waals surface area contributed by atoms with E-state index in [0.717, 1.165) is 16.9 Å². The number of rotatable bonds is 4. The van der Waals surface area contributed by atoms with Crippen LogP contribution in [0.5, 0.6) is 0 Å². The average Bonchev–Trinajstić information content (AvgIpc) is 2.10. The van der Waals surface area contributed by atoms with E-state index >= 15 is 0 Å². The molecule has 3 heteroatoms. The van der Waals surface area contributed by atoms with Crippen LogP contribution in [0.25, 0.3) is 0 Å². The Bertz CT molecular complexity index is 239. The van der Waals surface area contributed by atoms with Gasteiger partial charge in [0.2, 0.25) is 0 Å². The van der Waals surface area contributed by atoms with Gasteiger partial charge in [-0.2, -0.15) is 0 Å². The smallest absolute Gasteiger partial charge is 0.120 e. The number of hydrogen-bond acceptors (Lipinski definition) is 1. The molecule has 0 aromatic heterocycles. The summed E-state index contributed by atoms with van der Waals surface area (Å²) in [6, 6.07) is 0. The second-order valence-corrected chi connectivity index (χ2v) is 3.32. The molecule has 0 rings (SSSR count). The zero-order valence-electron chi connectivity index (χ0n) is 8.05. The van der Waals surface area contributed by atoms with Crippen molar-refractivity contribution in [1.82, 2.24) is 5.32 Å². The highest BCUT2D eigenvalue weighted by molar-refractivity contribution is 9.11. The summed E-state index contributed by atoms with van der Waals surface area (Å²) in [5.41, 5.74) is 0. The highest BCUT2D eigenvalue weighted by Gasteiger charge is 1.84. The molecule has 0 atom stereocenters. The van der Waals surface area contributed by atoms with Crippen LogP contribution in [0.1, 0.15) is 6.92 Å². The molecule has 0 bridgehead atoms. The van der Waals surface area contributed by atoms with Gasteiger partial charge in [-0.3, -0.25) is 4.99 Å². The summed E-state index contributed by atoms with van der Waals surface area (Å²) in [5, 5.41) is 3.12. The summed E-state index contributed by atoms with van der Waals surface area (Å²) in [7, 11) is 1.76. The lowest BCUT2D eigenvalue weighted by Gasteiger charge is -1.99. The number of halogens is 1. The monoisotopic (exact) mass is 242 g/mol. The molecule has 0 heterocycles. The van der Waals surface area contributed by atoms with Crippen LogP contribution in [0.4, 0.5) is 0 Å². The van der Waals surface area contributed by atoms with Crippen molar-refractivity contribution in [3.8, 4) is 0 Å². The highest BCUT2D eigenvalue weighted by atomic mass is 79.9. The number of amidine groups is 1. The summed E-state index contributed by atoms with van der Waals surface area (Å²) in [5.74, 6) is 0.882. The Labute approximate surface area is 88.3 Å². The summed E-state index contributed by atoms with van der Waals surface area (Å²) in [4.78, 5) is 4.05. The number of likely N-dealkylation sites (N-methyl/N-ethyl adjacent to an activating group) is 1. The second-order valence-electron chi connectivity index (χ2n) is 2.30. The normalized spacial score (nSPS) is 12.7. The van der Waals surface area contributed by atoms with Gasteiger partial charge in [0.1, 0.15) is 5.84 Å². The Morgan fingerprint density at radius 1 is 1.46 bits per heavy atom. The number of nitrogens with zero attached hydrogens (tertiary/aromatic N) is 1. The third-order valence-electron chi connectivity index (χ3n) is 1.24. The molecule has 0 saturated heterocycles. The van der Waals surface area contributed by atoms with Gasteiger partial charge in [0.15, 0.2) is 0 Å². The van der Waals surface area contributed by atoms with E-state index in [1.807, 2.05) is 31.2 Å². The van der Waals surface area contributed by atoms with Gasteiger partial charge in [-0.05, 0) is 19.1 Å². The molecule has 2 nitrogen and oxygen atoms in total. The summed E-state index contributed by atoms with van der Waals surface area (Å²) in [6.07, 6.45) is 7.60. The van der Waals surface area contributed by atoms with E-state index in [2.05, 4.69) is 32.8 Å². The summed E-state index contributed by atoms with van der Waals surface area (Å²) in [6.45, 7) is 6.60. The summed E-state index contributed by atoms with van der Waals surface area (Å²) >= 11 is 3.23. The minimum Gasteiger partial charge on any atom is -0.371 e. The van der Waals surface area contributed by atoms with Crippen LogP contribution in [-0.2, 0) is 0 Å². The van der Waals surface area contributed by atoms with Crippen LogP contribution in [0.3, 0.4) is 0 Å². The van der Waals surface area contributed by atoms with Gasteiger partial charge < -0.3 is 5.32 Å². The zero-order valence-corrected chi connectivity index (χ0v) is 9.63. The van der Waals surface area contributed by atoms with Gasteiger partial charge in [-0.15, -0.1) is 0 Å². The summed E-state index contributed by atoms with van der Waals surface area (Å²) < 4.78 is 0.857. The predicted octanol–water partition coefficient (Wildman–Crippen LogP) is 2.65. The first-order valence-corrected chi connectivity index (χ1v) is 4.89. The van der Waals surface area contributed by atoms with E-state index in [4.69, 9.17) is 0 Å². The first-order valence-electron chi connectivity index (χ1n) is 4.10. The van der Waals surface area contributed by atoms with E-state index in [1.54, 1.807) is 7.05 Å². The van der Waals surface area contributed by atoms with Crippen LogP contribution >= 0.6 is 15.9 Å². The van der Waals surface area contributed by atoms with E-state index < -0.39 is 0 Å². The lowest BCUT2D eigenvalue weighted by molar-refractivity contribution is 0.967. The fourth-order valence-electron chi connectivity index (χ4n) is 0.700. The van der Waals surface area contributed by atoms with Crippen molar-refractivity contribution in [3.05, 3.63) is 35.4 Å². The van der Waals surface area contributed by atoms with Crippen molar-refractivity contribution in [2.24, 2.45) is 4.99 Å². The largest absolute Gasteiger partial charge is 0.371 e. The Balaban J connectivity index is 4.01. The molecule has 0 radical (unpaired) electrons. The molecule has 1 N–H and O–H groups in total. The van der Waals surface area contributed by atoms with Gasteiger partial charge in [0.25, 0.3) is 0 Å². The third-order valence-corrected chi connectivity index (χ3v) is 1.51. The third kappa shape index (κ3) is 7.53. The van der Waals surface area contributed by atoms with E-state index in [-0.39, 0.29) is 0 Å². The van der Waals surface area contributed by atoms with E-state index in [9.17, 15) is 0 Å². The van der Waals surface area contributed by atoms with Crippen molar-refractivity contribution in [2.75, 3.05) is 13.6 Å². The molecule has 0 fully saturated rings. The Kier molecular flexibility index (Phi) is 7.30. The standard InChI is InChI=1S/C10H15BrN2/c1-4-13-10(12-3)8-6-5-7-9(2)11/h5-8H,2,4H2,1,3H3,(H,12,13)/b7-5-,8-6+. The zero-order chi connectivity index (χ0) is 10.1. The van der Waals surface area contributed by atoms with E-state index in [1.165, 1.54) is 0 Å². The van der Waals surface area contributed by atoms with Crippen LogP contribution in [0, 0.1) is 0 Å². The van der Waals surface area contributed by atoms with E-state index in [0.29, 0.717) is 0 Å². The van der Waals surface area contributed by atoms with Crippen molar-refractivity contribution in [1.29, 1.82) is 0 Å². The molecule has 72 valence electrons. The lowest BCUT2D eigenvalue weighted by atomic mass is 10.4. The van der Waals surface area contributed by atoms with Gasteiger partial charge in [0.05, 0.1) is 0 Å². The topological polar surface area (TPSA) is 24.4 Å². The molecular formula is C10H15BrN2. The fourth-order valence-corrected chi connectivity index (χ4v) is 0.853. The second kappa shape index (κ2) is 7.80. The number of hydrogen-bond donors (Lipinski definition) is 1. The molecule has 0 aromatic rings. The van der Waals surface area contributed by atoms with Crippen LogP contribution in [-0.4, -0.2) is 19.4 Å². The first-order chi connectivity index (χ1) is 6.20. The molecule has 13 heavy (non-hydrogen) atoms. The highest BCUT2D eigenvalue weighted by Crippen LogP contribution is 2.01. The molecule has 0 spiro atoms. The Morgan fingerprint density at radius 3 is 2.54 bits per heavy atom. The molecular weight excluding hydrogens is 228 g/mol. The Morgan fingerprint density at radius 2 is 2.08 bits per heavy atom. The van der Waals surface area contributed by atoms with Crippen LogP contribution in [0.15, 0.2) is 40.4 Å². The van der Waals surface area contributed by atoms with Gasteiger partial charge in [-0.25, -0.2) is 0 Å². The van der Waals surface area contributed by atoms with Crippen molar-refractivity contribution in [3.63, 3.8) is 0 Å². The quantitative estimate of drug-likeness (QED) is 0.458. The number of allylic oxidation sites excluding steroid dienone is 4. The van der Waals surface area contributed by atoms with Crippen molar-refractivity contribution >= 4 is 21.8 Å². The minimum atomic E-state index is 0.857. The first kappa shape index (κ1) is 12.2. The van der Waals surface area contributed by atoms with Gasteiger partial charge in [0, 0.05) is 18.1 Å². The van der Waals surface area contributed by atoms with Crippen molar-refractivity contribution in [2.45, 2.75) is 6.92 Å². The average molecular weight is 243 g/mol. The number of nitrogens with one attached hydrogen (secondary N) is 1. The van der Waals surface area contributed by atoms with Crippen molar-refractivity contribution < 1.29 is 0 Å². The molecule has 0 aromatic carbocycles. The SMILES string of the molecule is C=C(Br)/C=C\C=C\C(=NC)NCC. The molecule has 0 aliphatic rings. The molecule has 0 saturated carbocycles. The number of aliphatic imine (C=N–C) groups is 1. The predicted molar refractivity (Wildman–Crippen MR) is 63.4 cm³/mol. The molecule has 0 aliphatic heterocycles. The maximum absolute atomic E-state index is 4.05.